The molecule has 54 valence electrons. The van der Waals surface area contributed by atoms with Crippen LogP contribution in [0.25, 0.3) is 0 Å². The SMILES string of the molecule is CC(=O)Nc1cc(C)n[nH]1. The van der Waals surface area contributed by atoms with E-state index in [0.29, 0.717) is 5.82 Å². The van der Waals surface area contributed by atoms with Crippen molar-refractivity contribution in [3.8, 4) is 0 Å². The monoisotopic (exact) mass is 139 g/mol. The van der Waals surface area contributed by atoms with Crippen LogP contribution in [0.3, 0.4) is 0 Å². The minimum atomic E-state index is -0.0938. The molecular weight excluding hydrogens is 130 g/mol. The number of aryl methyl sites for hydroxylation is 1. The molecule has 4 nitrogen and oxygen atoms in total. The molecule has 0 aliphatic heterocycles. The van der Waals surface area contributed by atoms with Gasteiger partial charge in [0.15, 0.2) is 0 Å². The van der Waals surface area contributed by atoms with E-state index in [1.807, 2.05) is 6.92 Å². The lowest BCUT2D eigenvalue weighted by molar-refractivity contribution is -0.114. The van der Waals surface area contributed by atoms with Crippen LogP contribution in [0.4, 0.5) is 5.82 Å². The van der Waals surface area contributed by atoms with Crippen LogP contribution in [0.2, 0.25) is 0 Å². The van der Waals surface area contributed by atoms with Gasteiger partial charge in [-0.1, -0.05) is 0 Å². The smallest absolute Gasteiger partial charge is 0.222 e. The third-order valence-corrected chi connectivity index (χ3v) is 1.02. The van der Waals surface area contributed by atoms with Crippen molar-refractivity contribution in [2.45, 2.75) is 13.8 Å². The maximum Gasteiger partial charge on any atom is 0.222 e. The Labute approximate surface area is 58.6 Å². The molecule has 1 aromatic rings. The second-order valence-corrected chi connectivity index (χ2v) is 2.10. The summed E-state index contributed by atoms with van der Waals surface area (Å²) in [4.78, 5) is 10.5. The van der Waals surface area contributed by atoms with Gasteiger partial charge in [0, 0.05) is 13.0 Å². The van der Waals surface area contributed by atoms with Gasteiger partial charge < -0.3 is 5.32 Å². The lowest BCUT2D eigenvalue weighted by Gasteiger charge is -1.92. The van der Waals surface area contributed by atoms with Gasteiger partial charge in [-0.25, -0.2) is 0 Å². The van der Waals surface area contributed by atoms with Gasteiger partial charge in [0.2, 0.25) is 5.91 Å². The molecule has 0 aliphatic rings. The summed E-state index contributed by atoms with van der Waals surface area (Å²) in [5.41, 5.74) is 0.865. The van der Waals surface area contributed by atoms with E-state index in [1.54, 1.807) is 6.07 Å². The van der Waals surface area contributed by atoms with E-state index in [9.17, 15) is 4.79 Å². The van der Waals surface area contributed by atoms with Crippen molar-refractivity contribution in [2.24, 2.45) is 0 Å². The van der Waals surface area contributed by atoms with Crippen LogP contribution >= 0.6 is 0 Å². The van der Waals surface area contributed by atoms with E-state index < -0.39 is 0 Å². The predicted octanol–water partition coefficient (Wildman–Crippen LogP) is 0.677. The molecule has 0 spiro atoms. The molecule has 0 unspecified atom stereocenters. The van der Waals surface area contributed by atoms with Crippen molar-refractivity contribution in [2.75, 3.05) is 5.32 Å². The number of amides is 1. The van der Waals surface area contributed by atoms with Crippen molar-refractivity contribution in [3.63, 3.8) is 0 Å². The number of hydrogen-bond acceptors (Lipinski definition) is 2. The molecule has 0 aliphatic carbocycles. The Morgan fingerprint density at radius 3 is 2.90 bits per heavy atom. The highest BCUT2D eigenvalue weighted by molar-refractivity contribution is 5.87. The highest BCUT2D eigenvalue weighted by Gasteiger charge is 1.96. The maximum absolute atomic E-state index is 10.5. The molecule has 0 radical (unpaired) electrons. The van der Waals surface area contributed by atoms with Gasteiger partial charge in [0.25, 0.3) is 0 Å². The average molecular weight is 139 g/mol. The normalized spacial score (nSPS) is 9.40. The van der Waals surface area contributed by atoms with Crippen LogP contribution in [-0.2, 0) is 4.79 Å². The zero-order valence-corrected chi connectivity index (χ0v) is 5.93. The van der Waals surface area contributed by atoms with E-state index in [2.05, 4.69) is 15.5 Å². The van der Waals surface area contributed by atoms with Crippen LogP contribution in [0, 0.1) is 6.92 Å². The largest absolute Gasteiger partial charge is 0.311 e. The fourth-order valence-electron chi connectivity index (χ4n) is 0.676. The van der Waals surface area contributed by atoms with Crippen molar-refractivity contribution < 1.29 is 4.79 Å². The summed E-state index contributed by atoms with van der Waals surface area (Å²) < 4.78 is 0. The topological polar surface area (TPSA) is 57.8 Å². The Morgan fingerprint density at radius 1 is 1.80 bits per heavy atom. The minimum Gasteiger partial charge on any atom is -0.311 e. The van der Waals surface area contributed by atoms with E-state index in [1.165, 1.54) is 6.92 Å². The summed E-state index contributed by atoms with van der Waals surface area (Å²) in [6.45, 7) is 3.30. The fraction of sp³-hybridized carbons (Fsp3) is 0.333. The van der Waals surface area contributed by atoms with Gasteiger partial charge >= 0.3 is 0 Å². The summed E-state index contributed by atoms with van der Waals surface area (Å²) >= 11 is 0. The molecule has 1 aromatic heterocycles. The van der Waals surface area contributed by atoms with Gasteiger partial charge in [-0.15, -0.1) is 0 Å². The Hall–Kier alpha value is -1.32. The standard InChI is InChI=1S/C6H9N3O/c1-4-3-6(9-8-4)7-5(2)10/h3H,1-2H3,(H2,7,8,9,10). The first-order valence-electron chi connectivity index (χ1n) is 2.98. The van der Waals surface area contributed by atoms with Crippen molar-refractivity contribution in [1.82, 2.24) is 10.2 Å². The lowest BCUT2D eigenvalue weighted by Crippen LogP contribution is -2.05. The molecule has 10 heavy (non-hydrogen) atoms. The molecule has 4 heteroatoms. The van der Waals surface area contributed by atoms with Gasteiger partial charge in [-0.05, 0) is 6.92 Å². The molecule has 2 N–H and O–H groups in total. The number of carbonyl (C=O) groups excluding carboxylic acids is 1. The van der Waals surface area contributed by atoms with Crippen LogP contribution in [-0.4, -0.2) is 16.1 Å². The zero-order valence-electron chi connectivity index (χ0n) is 5.93. The van der Waals surface area contributed by atoms with E-state index >= 15 is 0 Å². The highest BCUT2D eigenvalue weighted by atomic mass is 16.1. The first-order chi connectivity index (χ1) is 4.68. The summed E-state index contributed by atoms with van der Waals surface area (Å²) in [5.74, 6) is 0.550. The first kappa shape index (κ1) is 6.80. The lowest BCUT2D eigenvalue weighted by atomic mass is 10.5. The number of anilines is 1. The molecule has 0 bridgehead atoms. The molecule has 1 rings (SSSR count). The van der Waals surface area contributed by atoms with Crippen molar-refractivity contribution >= 4 is 11.7 Å². The number of aromatic amines is 1. The number of H-pyrrole nitrogens is 1. The van der Waals surface area contributed by atoms with Crippen LogP contribution in [0.15, 0.2) is 6.07 Å². The van der Waals surface area contributed by atoms with E-state index in [4.69, 9.17) is 0 Å². The van der Waals surface area contributed by atoms with Gasteiger partial charge in [0.1, 0.15) is 5.82 Å². The number of rotatable bonds is 1. The Balaban J connectivity index is 2.67. The molecule has 1 heterocycles. The summed E-state index contributed by atoms with van der Waals surface area (Å²) in [7, 11) is 0. The van der Waals surface area contributed by atoms with Crippen LogP contribution in [0.5, 0.6) is 0 Å². The average Bonchev–Trinajstić information content (AvgIpc) is 2.13. The fourth-order valence-corrected chi connectivity index (χ4v) is 0.676. The molecule has 0 saturated carbocycles. The molecule has 0 fully saturated rings. The van der Waals surface area contributed by atoms with Crippen molar-refractivity contribution in [1.29, 1.82) is 0 Å². The minimum absolute atomic E-state index is 0.0938. The Bertz CT molecular complexity index is 241. The zero-order chi connectivity index (χ0) is 7.56. The van der Waals surface area contributed by atoms with E-state index in [0.717, 1.165) is 5.69 Å². The quantitative estimate of drug-likeness (QED) is 0.601. The first-order valence-corrected chi connectivity index (χ1v) is 2.98. The third-order valence-electron chi connectivity index (χ3n) is 1.02. The molecule has 1 amide bonds. The second-order valence-electron chi connectivity index (χ2n) is 2.10. The van der Waals surface area contributed by atoms with Gasteiger partial charge in [-0.3, -0.25) is 9.89 Å². The molecule has 0 saturated heterocycles. The Morgan fingerprint density at radius 2 is 2.50 bits per heavy atom. The molecule has 0 aromatic carbocycles. The number of aromatic nitrogens is 2. The number of hydrogen-bond donors (Lipinski definition) is 2. The summed E-state index contributed by atoms with van der Waals surface area (Å²) in [5, 5.41) is 9.05. The number of nitrogens with zero attached hydrogens (tertiary/aromatic N) is 1. The van der Waals surface area contributed by atoms with Gasteiger partial charge in [0.05, 0.1) is 5.69 Å². The highest BCUT2D eigenvalue weighted by Crippen LogP contribution is 2.02. The number of nitrogens with one attached hydrogen (secondary N) is 2. The molecular formula is C6H9N3O. The molecule has 0 atom stereocenters. The predicted molar refractivity (Wildman–Crippen MR) is 37.6 cm³/mol. The van der Waals surface area contributed by atoms with E-state index in [-0.39, 0.29) is 5.91 Å². The van der Waals surface area contributed by atoms with Crippen LogP contribution in [0.1, 0.15) is 12.6 Å². The number of carbonyl (C=O) groups is 1. The second kappa shape index (κ2) is 2.51. The van der Waals surface area contributed by atoms with Crippen molar-refractivity contribution in [3.05, 3.63) is 11.8 Å². The van der Waals surface area contributed by atoms with Crippen LogP contribution < -0.4 is 5.32 Å². The summed E-state index contributed by atoms with van der Waals surface area (Å²) in [6, 6.07) is 1.77. The van der Waals surface area contributed by atoms with Gasteiger partial charge in [-0.2, -0.15) is 5.10 Å². The maximum atomic E-state index is 10.5. The summed E-state index contributed by atoms with van der Waals surface area (Å²) in [6.07, 6.45) is 0. The third kappa shape index (κ3) is 1.58. The Kier molecular flexibility index (Phi) is 1.71.